The Labute approximate surface area is 156 Å². The summed E-state index contributed by atoms with van der Waals surface area (Å²) >= 11 is 1.52. The van der Waals surface area contributed by atoms with Crippen LogP contribution in [0.3, 0.4) is 0 Å². The zero-order valence-corrected chi connectivity index (χ0v) is 15.4. The summed E-state index contributed by atoms with van der Waals surface area (Å²) in [6.45, 7) is 2.09. The van der Waals surface area contributed by atoms with Gasteiger partial charge < -0.3 is 10.6 Å². The fourth-order valence-corrected chi connectivity index (χ4v) is 3.23. The van der Waals surface area contributed by atoms with Crippen LogP contribution in [0.4, 0.5) is 5.95 Å². The Balaban J connectivity index is 1.64. The van der Waals surface area contributed by atoms with Gasteiger partial charge in [0.1, 0.15) is 5.75 Å². The summed E-state index contributed by atoms with van der Waals surface area (Å²) in [5.41, 5.74) is 6.13. The topological polar surface area (TPSA) is 90.3 Å². The normalized spacial score (nSPS) is 11.0. The van der Waals surface area contributed by atoms with E-state index in [2.05, 4.69) is 39.8 Å². The third-order valence-electron chi connectivity index (χ3n) is 3.79. The molecule has 0 spiro atoms. The number of anilines is 1. The van der Waals surface area contributed by atoms with Gasteiger partial charge in [0.05, 0.1) is 13.3 Å². The molecule has 0 aliphatic carbocycles. The molecule has 0 amide bonds. The first-order valence-corrected chi connectivity index (χ1v) is 8.97. The molecule has 134 valence electrons. The van der Waals surface area contributed by atoms with Crippen molar-refractivity contribution in [2.75, 3.05) is 18.4 Å². The Hall–Kier alpha value is -3.00. The van der Waals surface area contributed by atoms with E-state index in [0.29, 0.717) is 11.1 Å². The zero-order chi connectivity index (χ0) is 18.4. The Morgan fingerprint density at radius 3 is 2.77 bits per heavy atom. The molecule has 0 saturated carbocycles. The maximum absolute atomic E-state index is 6.05. The maximum atomic E-state index is 6.05. The molecule has 0 bridgehead atoms. The number of ether oxygens (including phenoxy) is 1. The smallest absolute Gasteiger partial charge is 0.264 e. The third-order valence-corrected chi connectivity index (χ3v) is 4.78. The predicted octanol–water partition coefficient (Wildman–Crippen LogP) is 3.05. The number of benzene rings is 2. The molecule has 1 aromatic heterocycles. The second-order valence-electron chi connectivity index (χ2n) is 5.50. The SMILES string of the molecule is COc1ccccc1/C=N/Nc1nnc(SCc2ccccc2C)n1N. The van der Waals surface area contributed by atoms with Gasteiger partial charge in [-0.05, 0) is 30.2 Å². The minimum absolute atomic E-state index is 0.364. The van der Waals surface area contributed by atoms with Gasteiger partial charge in [0.2, 0.25) is 5.16 Å². The van der Waals surface area contributed by atoms with Crippen molar-refractivity contribution in [1.82, 2.24) is 14.9 Å². The number of hydrogen-bond donors (Lipinski definition) is 2. The van der Waals surface area contributed by atoms with Crippen LogP contribution in [0.2, 0.25) is 0 Å². The number of para-hydroxylation sites is 1. The minimum Gasteiger partial charge on any atom is -0.496 e. The number of nitrogens with two attached hydrogens (primary N) is 1. The van der Waals surface area contributed by atoms with Crippen molar-refractivity contribution >= 4 is 23.9 Å². The third kappa shape index (κ3) is 4.15. The summed E-state index contributed by atoms with van der Waals surface area (Å²) in [5, 5.41) is 12.9. The molecule has 3 N–H and O–H groups in total. The average molecular weight is 368 g/mol. The molecule has 3 aromatic rings. The number of hydrazone groups is 1. The Morgan fingerprint density at radius 2 is 1.96 bits per heavy atom. The summed E-state index contributed by atoms with van der Waals surface area (Å²) in [7, 11) is 1.62. The zero-order valence-electron chi connectivity index (χ0n) is 14.6. The number of aryl methyl sites for hydroxylation is 1. The summed E-state index contributed by atoms with van der Waals surface area (Å²) < 4.78 is 6.67. The molecule has 0 aliphatic rings. The molecule has 0 unspecified atom stereocenters. The van der Waals surface area contributed by atoms with Gasteiger partial charge in [-0.25, -0.2) is 10.1 Å². The van der Waals surface area contributed by atoms with Crippen LogP contribution in [0.15, 0.2) is 58.8 Å². The number of rotatable bonds is 7. The van der Waals surface area contributed by atoms with E-state index in [1.807, 2.05) is 36.4 Å². The fourth-order valence-electron chi connectivity index (χ4n) is 2.30. The molecular formula is C18H20N6OS. The molecule has 0 fully saturated rings. The lowest BCUT2D eigenvalue weighted by molar-refractivity contribution is 0.414. The highest BCUT2D eigenvalue weighted by atomic mass is 32.2. The molecule has 3 rings (SSSR count). The first-order chi connectivity index (χ1) is 12.7. The van der Waals surface area contributed by atoms with Gasteiger partial charge in [-0.15, -0.1) is 10.2 Å². The lowest BCUT2D eigenvalue weighted by Crippen LogP contribution is -2.13. The van der Waals surface area contributed by atoms with E-state index in [1.54, 1.807) is 13.3 Å². The highest BCUT2D eigenvalue weighted by Crippen LogP contribution is 2.23. The number of nitrogen functional groups attached to an aromatic ring is 1. The van der Waals surface area contributed by atoms with E-state index in [1.165, 1.54) is 27.6 Å². The highest BCUT2D eigenvalue weighted by Gasteiger charge is 2.10. The van der Waals surface area contributed by atoms with Crippen LogP contribution < -0.4 is 16.0 Å². The second kappa shape index (κ2) is 8.39. The number of nitrogens with zero attached hydrogens (tertiary/aromatic N) is 4. The molecule has 0 atom stereocenters. The van der Waals surface area contributed by atoms with Crippen LogP contribution in [-0.2, 0) is 5.75 Å². The number of methoxy groups -OCH3 is 1. The second-order valence-corrected chi connectivity index (χ2v) is 6.45. The summed E-state index contributed by atoms with van der Waals surface area (Å²) in [4.78, 5) is 0. The lowest BCUT2D eigenvalue weighted by atomic mass is 10.1. The quantitative estimate of drug-likeness (QED) is 0.288. The fraction of sp³-hybridized carbons (Fsp3) is 0.167. The van der Waals surface area contributed by atoms with Gasteiger partial charge in [-0.2, -0.15) is 5.10 Å². The van der Waals surface area contributed by atoms with Crippen molar-refractivity contribution in [2.45, 2.75) is 17.8 Å². The van der Waals surface area contributed by atoms with E-state index < -0.39 is 0 Å². The first kappa shape index (κ1) is 17.8. The number of hydrogen-bond acceptors (Lipinski definition) is 7. The monoisotopic (exact) mass is 368 g/mol. The van der Waals surface area contributed by atoms with Crippen LogP contribution in [-0.4, -0.2) is 28.2 Å². The molecular weight excluding hydrogens is 348 g/mol. The molecule has 7 nitrogen and oxygen atoms in total. The predicted molar refractivity (Wildman–Crippen MR) is 105 cm³/mol. The standard InChI is InChI=1S/C18H20N6OS/c1-13-7-3-4-9-15(13)12-26-18-23-22-17(24(18)19)21-20-11-14-8-5-6-10-16(14)25-2/h3-11H,12,19H2,1-2H3,(H,21,22)/b20-11+. The molecule has 2 aromatic carbocycles. The van der Waals surface area contributed by atoms with Crippen molar-refractivity contribution < 1.29 is 4.74 Å². The summed E-state index contributed by atoms with van der Waals surface area (Å²) in [6, 6.07) is 15.8. The first-order valence-electron chi connectivity index (χ1n) is 7.99. The molecule has 0 radical (unpaired) electrons. The molecule has 26 heavy (non-hydrogen) atoms. The number of thioether (sulfide) groups is 1. The van der Waals surface area contributed by atoms with Gasteiger partial charge in [0, 0.05) is 11.3 Å². The Morgan fingerprint density at radius 1 is 1.19 bits per heavy atom. The largest absolute Gasteiger partial charge is 0.496 e. The van der Waals surface area contributed by atoms with E-state index >= 15 is 0 Å². The maximum Gasteiger partial charge on any atom is 0.264 e. The van der Waals surface area contributed by atoms with Gasteiger partial charge in [-0.1, -0.05) is 48.2 Å². The summed E-state index contributed by atoms with van der Waals surface area (Å²) in [5.74, 6) is 7.92. The Bertz CT molecular complexity index is 908. The van der Waals surface area contributed by atoms with Crippen LogP contribution in [0.5, 0.6) is 5.75 Å². The van der Waals surface area contributed by atoms with E-state index in [4.69, 9.17) is 10.6 Å². The number of aromatic nitrogens is 3. The Kier molecular flexibility index (Phi) is 5.75. The van der Waals surface area contributed by atoms with E-state index in [9.17, 15) is 0 Å². The molecule has 0 saturated heterocycles. The van der Waals surface area contributed by atoms with Crippen LogP contribution in [0, 0.1) is 6.92 Å². The molecule has 1 heterocycles. The van der Waals surface area contributed by atoms with Crippen molar-refractivity contribution in [1.29, 1.82) is 0 Å². The summed E-state index contributed by atoms with van der Waals surface area (Å²) in [6.07, 6.45) is 1.65. The molecule has 0 aliphatic heterocycles. The number of nitrogens with one attached hydrogen (secondary N) is 1. The van der Waals surface area contributed by atoms with E-state index in [0.717, 1.165) is 17.1 Å². The van der Waals surface area contributed by atoms with Gasteiger partial charge >= 0.3 is 0 Å². The van der Waals surface area contributed by atoms with Crippen LogP contribution in [0.1, 0.15) is 16.7 Å². The van der Waals surface area contributed by atoms with Crippen LogP contribution in [0.25, 0.3) is 0 Å². The average Bonchev–Trinajstić information content (AvgIpc) is 3.01. The highest BCUT2D eigenvalue weighted by molar-refractivity contribution is 7.98. The van der Waals surface area contributed by atoms with Gasteiger partial charge in [0.15, 0.2) is 0 Å². The van der Waals surface area contributed by atoms with Gasteiger partial charge in [-0.3, -0.25) is 0 Å². The van der Waals surface area contributed by atoms with Crippen molar-refractivity contribution in [2.24, 2.45) is 5.10 Å². The minimum atomic E-state index is 0.364. The van der Waals surface area contributed by atoms with E-state index in [-0.39, 0.29) is 0 Å². The van der Waals surface area contributed by atoms with Crippen molar-refractivity contribution in [3.63, 3.8) is 0 Å². The van der Waals surface area contributed by atoms with Crippen molar-refractivity contribution in [3.8, 4) is 5.75 Å². The molecule has 8 heteroatoms. The van der Waals surface area contributed by atoms with Crippen molar-refractivity contribution in [3.05, 3.63) is 65.2 Å². The lowest BCUT2D eigenvalue weighted by Gasteiger charge is -2.05. The van der Waals surface area contributed by atoms with Gasteiger partial charge in [0.25, 0.3) is 5.95 Å². The van der Waals surface area contributed by atoms with Crippen LogP contribution >= 0.6 is 11.8 Å².